The predicted molar refractivity (Wildman–Crippen MR) is 97.8 cm³/mol. The number of hydrogen-bond acceptors (Lipinski definition) is 4. The highest BCUT2D eigenvalue weighted by atomic mass is 32.2. The minimum absolute atomic E-state index is 0.130. The van der Waals surface area contributed by atoms with Crippen LogP contribution in [0.25, 0.3) is 11.1 Å². The molecule has 148 valence electrons. The highest BCUT2D eigenvalue weighted by molar-refractivity contribution is 7.89. The number of rotatable bonds is 4. The summed E-state index contributed by atoms with van der Waals surface area (Å²) in [7, 11) is -4.35. The molecule has 2 N–H and O–H groups in total. The third-order valence-corrected chi connectivity index (χ3v) is 6.17. The standard InChI is InChI=1S/C19H18F3N3O2S/c20-19(21,22)17-11-13(16-4-2-1-3-14(16)12-23)5-6-18(17)28(26,27)25-15-7-9-24-10-8-15/h1-6,11,15,24-25H,7-10H2. The number of hydrogen-bond donors (Lipinski definition) is 2. The summed E-state index contributed by atoms with van der Waals surface area (Å²) >= 11 is 0. The second-order valence-corrected chi connectivity index (χ2v) is 8.19. The van der Waals surface area contributed by atoms with Crippen LogP contribution in [0, 0.1) is 11.3 Å². The van der Waals surface area contributed by atoms with Crippen molar-refractivity contribution in [1.82, 2.24) is 10.0 Å². The van der Waals surface area contributed by atoms with Gasteiger partial charge >= 0.3 is 6.18 Å². The number of alkyl halides is 3. The lowest BCUT2D eigenvalue weighted by Gasteiger charge is -2.24. The molecule has 9 heteroatoms. The Morgan fingerprint density at radius 2 is 1.79 bits per heavy atom. The molecule has 1 saturated heterocycles. The molecule has 1 fully saturated rings. The second kappa shape index (κ2) is 7.91. The van der Waals surface area contributed by atoms with E-state index in [1.165, 1.54) is 18.2 Å². The number of halogens is 3. The van der Waals surface area contributed by atoms with Gasteiger partial charge in [-0.3, -0.25) is 0 Å². The Labute approximate surface area is 161 Å². The van der Waals surface area contributed by atoms with E-state index in [1.807, 2.05) is 6.07 Å². The Hall–Kier alpha value is -2.41. The van der Waals surface area contributed by atoms with Crippen molar-refractivity contribution >= 4 is 10.0 Å². The Bertz CT molecular complexity index is 1010. The van der Waals surface area contributed by atoms with Gasteiger partial charge in [-0.15, -0.1) is 0 Å². The van der Waals surface area contributed by atoms with Gasteiger partial charge in [-0.25, -0.2) is 13.1 Å². The van der Waals surface area contributed by atoms with Gasteiger partial charge in [0.1, 0.15) is 0 Å². The Morgan fingerprint density at radius 1 is 1.11 bits per heavy atom. The summed E-state index contributed by atoms with van der Waals surface area (Å²) in [6.07, 6.45) is -3.85. The smallest absolute Gasteiger partial charge is 0.317 e. The molecular weight excluding hydrogens is 391 g/mol. The molecule has 0 aromatic heterocycles. The number of nitriles is 1. The molecule has 0 radical (unpaired) electrons. The van der Waals surface area contributed by atoms with Crippen molar-refractivity contribution in [2.75, 3.05) is 13.1 Å². The number of nitrogens with zero attached hydrogens (tertiary/aromatic N) is 1. The molecule has 2 aromatic rings. The third-order valence-electron chi connectivity index (χ3n) is 4.59. The van der Waals surface area contributed by atoms with E-state index in [0.717, 1.165) is 12.1 Å². The molecule has 1 aliphatic heterocycles. The number of nitrogens with one attached hydrogen (secondary N) is 2. The van der Waals surface area contributed by atoms with Crippen LogP contribution in [0.5, 0.6) is 0 Å². The van der Waals surface area contributed by atoms with Crippen LogP contribution in [0.2, 0.25) is 0 Å². The van der Waals surface area contributed by atoms with Crippen LogP contribution in [0.15, 0.2) is 47.4 Å². The van der Waals surface area contributed by atoms with Crippen molar-refractivity contribution in [3.8, 4) is 17.2 Å². The van der Waals surface area contributed by atoms with Crippen molar-refractivity contribution in [2.45, 2.75) is 30.0 Å². The molecule has 0 amide bonds. The fourth-order valence-corrected chi connectivity index (χ4v) is 4.72. The molecule has 5 nitrogen and oxygen atoms in total. The first-order valence-corrected chi connectivity index (χ1v) is 10.1. The Kier molecular flexibility index (Phi) is 5.74. The van der Waals surface area contributed by atoms with Gasteiger partial charge in [-0.05, 0) is 55.3 Å². The summed E-state index contributed by atoms with van der Waals surface area (Å²) in [5.74, 6) is 0. The monoisotopic (exact) mass is 409 g/mol. The molecule has 2 aromatic carbocycles. The molecular formula is C19H18F3N3O2S. The van der Waals surface area contributed by atoms with Gasteiger partial charge in [-0.1, -0.05) is 24.3 Å². The van der Waals surface area contributed by atoms with Gasteiger partial charge in [0.25, 0.3) is 0 Å². The quantitative estimate of drug-likeness (QED) is 0.812. The molecule has 0 atom stereocenters. The van der Waals surface area contributed by atoms with E-state index in [-0.39, 0.29) is 11.1 Å². The average Bonchev–Trinajstić information content (AvgIpc) is 2.67. The summed E-state index contributed by atoms with van der Waals surface area (Å²) in [5, 5.41) is 12.3. The zero-order valence-electron chi connectivity index (χ0n) is 14.8. The van der Waals surface area contributed by atoms with E-state index >= 15 is 0 Å². The van der Waals surface area contributed by atoms with Crippen LogP contribution < -0.4 is 10.0 Å². The lowest BCUT2D eigenvalue weighted by atomic mass is 9.98. The van der Waals surface area contributed by atoms with Crippen molar-refractivity contribution in [1.29, 1.82) is 5.26 Å². The molecule has 28 heavy (non-hydrogen) atoms. The first kappa shape index (κ1) is 20.3. The Balaban J connectivity index is 2.06. The molecule has 3 rings (SSSR count). The zero-order chi connectivity index (χ0) is 20.4. The normalized spacial score (nSPS) is 15.9. The summed E-state index contributed by atoms with van der Waals surface area (Å²) in [6, 6.07) is 10.8. The van der Waals surface area contributed by atoms with Gasteiger partial charge in [0, 0.05) is 6.04 Å². The fraction of sp³-hybridized carbons (Fsp3) is 0.316. The largest absolute Gasteiger partial charge is 0.417 e. The van der Waals surface area contributed by atoms with Gasteiger partial charge in [0.05, 0.1) is 22.1 Å². The maximum absolute atomic E-state index is 13.7. The predicted octanol–water partition coefficient (Wildman–Crippen LogP) is 3.27. The maximum Gasteiger partial charge on any atom is 0.417 e. The van der Waals surface area contributed by atoms with E-state index in [2.05, 4.69) is 10.0 Å². The average molecular weight is 409 g/mol. The molecule has 1 aliphatic rings. The molecule has 0 spiro atoms. The highest BCUT2D eigenvalue weighted by Gasteiger charge is 2.38. The topological polar surface area (TPSA) is 82.0 Å². The number of sulfonamides is 1. The molecule has 1 heterocycles. The maximum atomic E-state index is 13.7. The molecule has 0 unspecified atom stereocenters. The molecule has 0 aliphatic carbocycles. The minimum atomic E-state index is -4.87. The van der Waals surface area contributed by atoms with Crippen LogP contribution in [0.4, 0.5) is 13.2 Å². The van der Waals surface area contributed by atoms with Crippen LogP contribution in [-0.2, 0) is 16.2 Å². The second-order valence-electron chi connectivity index (χ2n) is 6.51. The third kappa shape index (κ3) is 4.35. The van der Waals surface area contributed by atoms with Crippen molar-refractivity contribution in [2.24, 2.45) is 0 Å². The van der Waals surface area contributed by atoms with Gasteiger partial charge < -0.3 is 5.32 Å². The Morgan fingerprint density at radius 3 is 2.43 bits per heavy atom. The van der Waals surface area contributed by atoms with Crippen LogP contribution in [0.1, 0.15) is 24.0 Å². The van der Waals surface area contributed by atoms with E-state index in [4.69, 9.17) is 0 Å². The van der Waals surface area contributed by atoms with Gasteiger partial charge in [0.15, 0.2) is 0 Å². The van der Waals surface area contributed by atoms with Crippen LogP contribution in [0.3, 0.4) is 0 Å². The lowest BCUT2D eigenvalue weighted by Crippen LogP contribution is -2.43. The number of piperidine rings is 1. The van der Waals surface area contributed by atoms with Gasteiger partial charge in [0.2, 0.25) is 10.0 Å². The number of benzene rings is 2. The van der Waals surface area contributed by atoms with E-state index in [0.29, 0.717) is 31.5 Å². The van der Waals surface area contributed by atoms with Crippen molar-refractivity contribution < 1.29 is 21.6 Å². The summed E-state index contributed by atoms with van der Waals surface area (Å²) in [6.45, 7) is 1.20. The summed E-state index contributed by atoms with van der Waals surface area (Å²) < 4.78 is 68.7. The van der Waals surface area contributed by atoms with E-state index < -0.39 is 32.7 Å². The van der Waals surface area contributed by atoms with Crippen molar-refractivity contribution in [3.63, 3.8) is 0 Å². The van der Waals surface area contributed by atoms with Crippen molar-refractivity contribution in [3.05, 3.63) is 53.6 Å². The molecule has 0 bridgehead atoms. The SMILES string of the molecule is N#Cc1ccccc1-c1ccc(S(=O)(=O)NC2CCNCC2)c(C(F)(F)F)c1. The van der Waals surface area contributed by atoms with E-state index in [1.54, 1.807) is 12.1 Å². The summed E-state index contributed by atoms with van der Waals surface area (Å²) in [4.78, 5) is -0.809. The lowest BCUT2D eigenvalue weighted by molar-refractivity contribution is -0.139. The van der Waals surface area contributed by atoms with Gasteiger partial charge in [-0.2, -0.15) is 18.4 Å². The highest BCUT2D eigenvalue weighted by Crippen LogP contribution is 2.37. The van der Waals surface area contributed by atoms with Crippen LogP contribution in [-0.4, -0.2) is 27.5 Å². The van der Waals surface area contributed by atoms with Crippen LogP contribution >= 0.6 is 0 Å². The fourth-order valence-electron chi connectivity index (χ4n) is 3.21. The first-order chi connectivity index (χ1) is 13.2. The first-order valence-electron chi connectivity index (χ1n) is 8.66. The zero-order valence-corrected chi connectivity index (χ0v) is 15.6. The molecule has 0 saturated carbocycles. The minimum Gasteiger partial charge on any atom is -0.317 e. The summed E-state index contributed by atoms with van der Waals surface area (Å²) in [5.41, 5.74) is -0.603. The van der Waals surface area contributed by atoms with E-state index in [9.17, 15) is 26.9 Å².